The molecule has 3 aromatic rings. The van der Waals surface area contributed by atoms with E-state index in [4.69, 9.17) is 0 Å². The van der Waals surface area contributed by atoms with Crippen LogP contribution in [0.3, 0.4) is 0 Å². The molecule has 4 nitrogen and oxygen atoms in total. The van der Waals surface area contributed by atoms with Crippen LogP contribution < -0.4 is 9.80 Å². The predicted octanol–water partition coefficient (Wildman–Crippen LogP) is 4.92. The van der Waals surface area contributed by atoms with E-state index in [0.29, 0.717) is 11.3 Å². The number of para-hydroxylation sites is 1. The summed E-state index contributed by atoms with van der Waals surface area (Å²) in [6.45, 7) is 4.26. The van der Waals surface area contributed by atoms with Crippen LogP contribution >= 0.6 is 11.8 Å². The van der Waals surface area contributed by atoms with E-state index >= 15 is 0 Å². The van der Waals surface area contributed by atoms with Gasteiger partial charge in [0.1, 0.15) is 5.82 Å². The third-order valence-corrected chi connectivity index (χ3v) is 7.43. The molecule has 3 aromatic carbocycles. The van der Waals surface area contributed by atoms with Crippen molar-refractivity contribution in [3.8, 4) is 0 Å². The SMILES string of the molecule is Cc1ccc(N2C(=O)CS[C@@]23C(=O)N(Cc2cccc(F)c2)c2ccccc23)cc1C. The lowest BCUT2D eigenvalue weighted by atomic mass is 10.0. The molecular weight excluding hydrogens is 411 g/mol. The van der Waals surface area contributed by atoms with Crippen molar-refractivity contribution < 1.29 is 14.0 Å². The number of anilines is 2. The first-order chi connectivity index (χ1) is 14.9. The first-order valence-corrected chi connectivity index (χ1v) is 11.1. The van der Waals surface area contributed by atoms with Crippen molar-refractivity contribution in [1.82, 2.24) is 0 Å². The molecule has 0 bridgehead atoms. The van der Waals surface area contributed by atoms with Gasteiger partial charge < -0.3 is 4.90 Å². The number of amides is 2. The van der Waals surface area contributed by atoms with Gasteiger partial charge in [0.05, 0.1) is 18.0 Å². The third-order valence-electron chi connectivity index (χ3n) is 6.04. The highest BCUT2D eigenvalue weighted by atomic mass is 32.2. The summed E-state index contributed by atoms with van der Waals surface area (Å²) in [5.41, 5.74) is 5.16. The quantitative estimate of drug-likeness (QED) is 0.590. The molecule has 156 valence electrons. The number of hydrogen-bond donors (Lipinski definition) is 0. The maximum absolute atomic E-state index is 14.0. The fraction of sp³-hybridized carbons (Fsp3) is 0.200. The normalized spacial score (nSPS) is 20.1. The smallest absolute Gasteiger partial charge is 0.269 e. The van der Waals surface area contributed by atoms with Crippen LogP contribution in [0.1, 0.15) is 22.3 Å². The Labute approximate surface area is 184 Å². The van der Waals surface area contributed by atoms with Crippen LogP contribution in [0.2, 0.25) is 0 Å². The van der Waals surface area contributed by atoms with Gasteiger partial charge in [-0.1, -0.05) is 36.4 Å². The van der Waals surface area contributed by atoms with E-state index in [-0.39, 0.29) is 29.9 Å². The van der Waals surface area contributed by atoms with Gasteiger partial charge in [-0.3, -0.25) is 14.5 Å². The van der Waals surface area contributed by atoms with Crippen LogP contribution in [-0.4, -0.2) is 17.6 Å². The summed E-state index contributed by atoms with van der Waals surface area (Å²) >= 11 is 1.35. The molecule has 0 N–H and O–H groups in total. The van der Waals surface area contributed by atoms with Crippen molar-refractivity contribution in [3.63, 3.8) is 0 Å². The number of aryl methyl sites for hydroxylation is 2. The molecule has 2 aliphatic heterocycles. The largest absolute Gasteiger partial charge is 0.304 e. The predicted molar refractivity (Wildman–Crippen MR) is 122 cm³/mol. The minimum Gasteiger partial charge on any atom is -0.304 e. The molecule has 0 saturated carbocycles. The Kier molecular flexibility index (Phi) is 4.63. The lowest BCUT2D eigenvalue weighted by molar-refractivity contribution is -0.123. The number of carbonyl (C=O) groups is 2. The fourth-order valence-electron chi connectivity index (χ4n) is 4.39. The van der Waals surface area contributed by atoms with Crippen LogP contribution in [0.25, 0.3) is 0 Å². The topological polar surface area (TPSA) is 40.6 Å². The van der Waals surface area contributed by atoms with Gasteiger partial charge in [-0.05, 0) is 60.9 Å². The van der Waals surface area contributed by atoms with Crippen LogP contribution in [0.5, 0.6) is 0 Å². The fourth-order valence-corrected chi connectivity index (χ4v) is 5.75. The molecule has 31 heavy (non-hydrogen) atoms. The molecular formula is C25H21FN2O2S. The van der Waals surface area contributed by atoms with Gasteiger partial charge in [0, 0.05) is 11.3 Å². The summed E-state index contributed by atoms with van der Waals surface area (Å²) in [4.78, 5) is 29.2. The van der Waals surface area contributed by atoms with Crippen LogP contribution in [0, 0.1) is 19.7 Å². The molecule has 6 heteroatoms. The van der Waals surface area contributed by atoms with Gasteiger partial charge in [-0.2, -0.15) is 0 Å². The molecule has 2 amide bonds. The van der Waals surface area contributed by atoms with Crippen LogP contribution in [0.15, 0.2) is 66.7 Å². The zero-order chi connectivity index (χ0) is 21.8. The van der Waals surface area contributed by atoms with Crippen molar-refractivity contribution in [1.29, 1.82) is 0 Å². The highest BCUT2D eigenvalue weighted by Gasteiger charge is 2.60. The second kappa shape index (κ2) is 7.24. The lowest BCUT2D eigenvalue weighted by Crippen LogP contribution is -2.49. The summed E-state index contributed by atoms with van der Waals surface area (Å²) in [5, 5.41) is 0. The number of halogens is 1. The number of thioether (sulfide) groups is 1. The second-order valence-electron chi connectivity index (χ2n) is 7.97. The van der Waals surface area contributed by atoms with Gasteiger partial charge in [-0.15, -0.1) is 11.8 Å². The molecule has 2 aliphatic rings. The monoisotopic (exact) mass is 432 g/mol. The van der Waals surface area contributed by atoms with Gasteiger partial charge in [-0.25, -0.2) is 4.39 Å². The summed E-state index contributed by atoms with van der Waals surface area (Å²) < 4.78 is 13.8. The van der Waals surface area contributed by atoms with E-state index in [9.17, 15) is 14.0 Å². The number of benzene rings is 3. The van der Waals surface area contributed by atoms with Crippen LogP contribution in [0.4, 0.5) is 15.8 Å². The third kappa shape index (κ3) is 2.97. The number of hydrogen-bond acceptors (Lipinski definition) is 3. The summed E-state index contributed by atoms with van der Waals surface area (Å²) in [6, 6.07) is 19.7. The number of rotatable bonds is 3. The van der Waals surface area contributed by atoms with Gasteiger partial charge >= 0.3 is 0 Å². The molecule has 2 heterocycles. The molecule has 0 aromatic heterocycles. The molecule has 1 atom stereocenters. The standard InChI is InChI=1S/C25H21FN2O2S/c1-16-10-11-20(12-17(16)2)28-23(29)15-31-25(28)21-8-3-4-9-22(21)27(24(25)30)14-18-6-5-7-19(26)13-18/h3-13H,14-15H2,1-2H3/t25-/m0/s1. The maximum atomic E-state index is 14.0. The summed E-state index contributed by atoms with van der Waals surface area (Å²) in [5.74, 6) is -0.383. The molecule has 5 rings (SSSR count). The van der Waals surface area contributed by atoms with Crippen molar-refractivity contribution >= 4 is 35.0 Å². The van der Waals surface area contributed by atoms with Gasteiger partial charge in [0.2, 0.25) is 10.8 Å². The molecule has 1 spiro atoms. The second-order valence-corrected chi connectivity index (χ2v) is 9.14. The number of nitrogens with zero attached hydrogens (tertiary/aromatic N) is 2. The molecule has 0 aliphatic carbocycles. The summed E-state index contributed by atoms with van der Waals surface area (Å²) in [6.07, 6.45) is 0. The van der Waals surface area contributed by atoms with E-state index in [1.165, 1.54) is 23.9 Å². The van der Waals surface area contributed by atoms with Gasteiger partial charge in [0.25, 0.3) is 5.91 Å². The lowest BCUT2D eigenvalue weighted by Gasteiger charge is -2.33. The van der Waals surface area contributed by atoms with E-state index < -0.39 is 4.87 Å². The minimum absolute atomic E-state index is 0.0935. The average Bonchev–Trinajstić information content (AvgIpc) is 3.22. The Balaban J connectivity index is 1.65. The first kappa shape index (κ1) is 19.8. The maximum Gasteiger partial charge on any atom is 0.269 e. The van der Waals surface area contributed by atoms with Crippen LogP contribution in [-0.2, 0) is 21.0 Å². The average molecular weight is 433 g/mol. The van der Waals surface area contributed by atoms with Crippen molar-refractivity contribution in [2.24, 2.45) is 0 Å². The Morgan fingerprint density at radius 1 is 0.968 bits per heavy atom. The van der Waals surface area contributed by atoms with Crippen molar-refractivity contribution in [2.75, 3.05) is 15.6 Å². The van der Waals surface area contributed by atoms with E-state index in [2.05, 4.69) is 0 Å². The molecule has 1 fully saturated rings. The number of fused-ring (bicyclic) bond motifs is 2. The first-order valence-electron chi connectivity index (χ1n) is 10.1. The Hall–Kier alpha value is -3.12. The minimum atomic E-state index is -1.15. The Morgan fingerprint density at radius 3 is 2.55 bits per heavy atom. The highest BCUT2D eigenvalue weighted by molar-refractivity contribution is 8.02. The molecule has 0 unspecified atom stereocenters. The van der Waals surface area contributed by atoms with E-state index in [1.54, 1.807) is 21.9 Å². The molecule has 1 saturated heterocycles. The Morgan fingerprint density at radius 2 is 1.77 bits per heavy atom. The zero-order valence-corrected chi connectivity index (χ0v) is 18.1. The number of carbonyl (C=O) groups excluding carboxylic acids is 2. The van der Waals surface area contributed by atoms with Gasteiger partial charge in [0.15, 0.2) is 0 Å². The zero-order valence-electron chi connectivity index (χ0n) is 17.3. The van der Waals surface area contributed by atoms with E-state index in [1.807, 2.05) is 56.3 Å². The van der Waals surface area contributed by atoms with Crippen molar-refractivity contribution in [2.45, 2.75) is 25.3 Å². The Bertz CT molecular complexity index is 1230. The van der Waals surface area contributed by atoms with Crippen molar-refractivity contribution in [3.05, 3.63) is 94.8 Å². The summed E-state index contributed by atoms with van der Waals surface area (Å²) in [7, 11) is 0. The molecule has 0 radical (unpaired) electrons. The highest BCUT2D eigenvalue weighted by Crippen LogP contribution is 2.56. The van der Waals surface area contributed by atoms with E-state index in [0.717, 1.165) is 22.4 Å².